The summed E-state index contributed by atoms with van der Waals surface area (Å²) in [5, 5.41) is 15.1. The zero-order chi connectivity index (χ0) is 21.4. The van der Waals surface area contributed by atoms with Crippen LogP contribution in [0.2, 0.25) is 5.02 Å². The second-order valence-electron chi connectivity index (χ2n) is 8.80. The van der Waals surface area contributed by atoms with Gasteiger partial charge in [0, 0.05) is 35.4 Å². The van der Waals surface area contributed by atoms with Crippen LogP contribution >= 0.6 is 11.6 Å². The molecule has 0 radical (unpaired) electrons. The number of rotatable bonds is 5. The van der Waals surface area contributed by atoms with Crippen LogP contribution in [0.1, 0.15) is 48.7 Å². The Morgan fingerprint density at radius 2 is 1.90 bits per heavy atom. The molecule has 5 rings (SSSR count). The highest BCUT2D eigenvalue weighted by atomic mass is 35.5. The normalized spacial score (nSPS) is 24.3. The molecule has 1 spiro atoms. The van der Waals surface area contributed by atoms with Gasteiger partial charge in [0.05, 0.1) is 5.56 Å². The van der Waals surface area contributed by atoms with Gasteiger partial charge in [0.15, 0.2) is 0 Å². The number of carbonyl (C=O) groups is 1. The first-order chi connectivity index (χ1) is 15.0. The molecule has 2 saturated carbocycles. The van der Waals surface area contributed by atoms with E-state index in [0.717, 1.165) is 42.5 Å². The number of aromatic nitrogens is 3. The largest absolute Gasteiger partial charge is 0.420 e. The number of pyridine rings is 1. The number of nitrogens with zero attached hydrogens (tertiary/aromatic N) is 3. The standard InChI is InChI=1S/C23H24ClN5O2/c1-14-2-5-16(13-25-14)20-28-29-21(31-20)17-8-23(9-17)10-19(11-23)27-22(30)26-12-15-3-6-18(24)7-4-15/h2-7,13,17,19H,8-12H2,1H3,(H2,26,27,30). The molecule has 0 atom stereocenters. The number of hydrogen-bond acceptors (Lipinski definition) is 5. The van der Waals surface area contributed by atoms with Crippen molar-refractivity contribution in [2.45, 2.75) is 51.1 Å². The van der Waals surface area contributed by atoms with E-state index in [2.05, 4.69) is 25.8 Å². The summed E-state index contributed by atoms with van der Waals surface area (Å²) < 4.78 is 5.90. The van der Waals surface area contributed by atoms with E-state index in [0.29, 0.717) is 34.7 Å². The van der Waals surface area contributed by atoms with Gasteiger partial charge in [0.2, 0.25) is 11.8 Å². The van der Waals surface area contributed by atoms with Crippen molar-refractivity contribution in [3.8, 4) is 11.5 Å². The molecule has 0 aliphatic heterocycles. The average Bonchev–Trinajstić information content (AvgIpc) is 3.18. The number of amides is 2. The van der Waals surface area contributed by atoms with Crippen LogP contribution in [0.25, 0.3) is 11.5 Å². The van der Waals surface area contributed by atoms with Crippen molar-refractivity contribution in [3.05, 3.63) is 64.8 Å². The van der Waals surface area contributed by atoms with Crippen LogP contribution < -0.4 is 10.6 Å². The summed E-state index contributed by atoms with van der Waals surface area (Å²) in [6.07, 6.45) is 5.83. The quantitative estimate of drug-likeness (QED) is 0.607. The highest BCUT2D eigenvalue weighted by molar-refractivity contribution is 6.30. The number of nitrogens with one attached hydrogen (secondary N) is 2. The zero-order valence-corrected chi connectivity index (χ0v) is 18.0. The SMILES string of the molecule is Cc1ccc(-c2nnc(C3CC4(CC(NC(=O)NCc5ccc(Cl)cc5)C4)C3)o2)cn1. The minimum absolute atomic E-state index is 0.126. The van der Waals surface area contributed by atoms with Gasteiger partial charge in [-0.1, -0.05) is 23.7 Å². The molecular formula is C23H24ClN5O2. The molecule has 2 aliphatic carbocycles. The monoisotopic (exact) mass is 437 g/mol. The molecule has 160 valence electrons. The first-order valence-corrected chi connectivity index (χ1v) is 10.9. The maximum Gasteiger partial charge on any atom is 0.315 e. The minimum Gasteiger partial charge on any atom is -0.420 e. The highest BCUT2D eigenvalue weighted by Crippen LogP contribution is 2.61. The third-order valence-corrected chi connectivity index (χ3v) is 6.62. The zero-order valence-electron chi connectivity index (χ0n) is 17.3. The molecule has 2 aromatic heterocycles. The van der Waals surface area contributed by atoms with E-state index in [1.54, 1.807) is 6.20 Å². The number of halogens is 1. The van der Waals surface area contributed by atoms with Crippen molar-refractivity contribution < 1.29 is 9.21 Å². The predicted molar refractivity (Wildman–Crippen MR) is 117 cm³/mol. The summed E-state index contributed by atoms with van der Waals surface area (Å²) in [6.45, 7) is 2.43. The average molecular weight is 438 g/mol. The Morgan fingerprint density at radius 3 is 2.61 bits per heavy atom. The van der Waals surface area contributed by atoms with Crippen LogP contribution in [0.15, 0.2) is 47.0 Å². The lowest BCUT2D eigenvalue weighted by atomic mass is 9.50. The first kappa shape index (κ1) is 20.0. The third-order valence-electron chi connectivity index (χ3n) is 6.37. The Morgan fingerprint density at radius 1 is 1.13 bits per heavy atom. The lowest BCUT2D eigenvalue weighted by molar-refractivity contribution is -0.0240. The fourth-order valence-electron chi connectivity index (χ4n) is 4.71. The van der Waals surface area contributed by atoms with Gasteiger partial charge in [0.25, 0.3) is 0 Å². The smallest absolute Gasteiger partial charge is 0.315 e. The van der Waals surface area contributed by atoms with Crippen molar-refractivity contribution in [2.75, 3.05) is 0 Å². The molecule has 2 aliphatic rings. The summed E-state index contributed by atoms with van der Waals surface area (Å²) in [5.41, 5.74) is 3.12. The van der Waals surface area contributed by atoms with Crippen LogP contribution in [0.3, 0.4) is 0 Å². The second kappa shape index (κ2) is 7.96. The number of hydrogen-bond donors (Lipinski definition) is 2. The van der Waals surface area contributed by atoms with Gasteiger partial charge in [-0.05, 0) is 67.9 Å². The van der Waals surface area contributed by atoms with Gasteiger partial charge in [-0.15, -0.1) is 10.2 Å². The van der Waals surface area contributed by atoms with E-state index < -0.39 is 0 Å². The van der Waals surface area contributed by atoms with E-state index in [1.165, 1.54) is 0 Å². The predicted octanol–water partition coefficient (Wildman–Crippen LogP) is 4.62. The van der Waals surface area contributed by atoms with Crippen LogP contribution in [0.5, 0.6) is 0 Å². The van der Waals surface area contributed by atoms with Gasteiger partial charge >= 0.3 is 6.03 Å². The van der Waals surface area contributed by atoms with Crippen molar-refractivity contribution >= 4 is 17.6 Å². The van der Waals surface area contributed by atoms with Crippen molar-refractivity contribution in [2.24, 2.45) is 5.41 Å². The third kappa shape index (κ3) is 4.28. The number of benzene rings is 1. The Balaban J connectivity index is 1.06. The van der Waals surface area contributed by atoms with Crippen molar-refractivity contribution in [1.82, 2.24) is 25.8 Å². The fraction of sp³-hybridized carbons (Fsp3) is 0.391. The number of carbonyl (C=O) groups excluding carboxylic acids is 1. The molecule has 0 saturated heterocycles. The molecule has 8 heteroatoms. The topological polar surface area (TPSA) is 92.9 Å². The maximum absolute atomic E-state index is 12.2. The molecule has 2 amide bonds. The number of aryl methyl sites for hydroxylation is 1. The van der Waals surface area contributed by atoms with E-state index in [4.69, 9.17) is 16.0 Å². The lowest BCUT2D eigenvalue weighted by Crippen LogP contribution is -2.57. The summed E-state index contributed by atoms with van der Waals surface area (Å²) in [7, 11) is 0. The first-order valence-electron chi connectivity index (χ1n) is 10.5. The second-order valence-corrected chi connectivity index (χ2v) is 9.23. The molecule has 0 unspecified atom stereocenters. The van der Waals surface area contributed by atoms with Crippen LogP contribution in [-0.4, -0.2) is 27.3 Å². The van der Waals surface area contributed by atoms with E-state index in [9.17, 15) is 4.79 Å². The Hall–Kier alpha value is -2.93. The van der Waals surface area contributed by atoms with E-state index in [1.807, 2.05) is 43.3 Å². The molecule has 7 nitrogen and oxygen atoms in total. The van der Waals surface area contributed by atoms with Crippen molar-refractivity contribution in [1.29, 1.82) is 0 Å². The molecular weight excluding hydrogens is 414 g/mol. The Kier molecular flexibility index (Phi) is 5.14. The number of urea groups is 1. The Bertz CT molecular complexity index is 1070. The maximum atomic E-state index is 12.2. The minimum atomic E-state index is -0.126. The molecule has 31 heavy (non-hydrogen) atoms. The Labute approximate surface area is 185 Å². The van der Waals surface area contributed by atoms with Crippen LogP contribution in [0.4, 0.5) is 4.79 Å². The lowest BCUT2D eigenvalue weighted by Gasteiger charge is -2.56. The van der Waals surface area contributed by atoms with Gasteiger partial charge in [-0.25, -0.2) is 4.79 Å². The summed E-state index contributed by atoms with van der Waals surface area (Å²) in [6, 6.07) is 11.4. The van der Waals surface area contributed by atoms with Crippen LogP contribution in [0, 0.1) is 12.3 Å². The van der Waals surface area contributed by atoms with E-state index >= 15 is 0 Å². The molecule has 2 heterocycles. The molecule has 1 aromatic carbocycles. The summed E-state index contributed by atoms with van der Waals surface area (Å²) in [4.78, 5) is 16.4. The highest BCUT2D eigenvalue weighted by Gasteiger charge is 2.54. The van der Waals surface area contributed by atoms with Crippen molar-refractivity contribution in [3.63, 3.8) is 0 Å². The molecule has 3 aromatic rings. The molecule has 0 bridgehead atoms. The summed E-state index contributed by atoms with van der Waals surface area (Å²) in [5.74, 6) is 1.53. The molecule has 2 fully saturated rings. The molecule has 2 N–H and O–H groups in total. The van der Waals surface area contributed by atoms with Gasteiger partial charge in [0.1, 0.15) is 0 Å². The van der Waals surface area contributed by atoms with Gasteiger partial charge in [-0.2, -0.15) is 0 Å². The summed E-state index contributed by atoms with van der Waals surface area (Å²) >= 11 is 5.88. The van der Waals surface area contributed by atoms with Gasteiger partial charge in [-0.3, -0.25) is 4.98 Å². The van der Waals surface area contributed by atoms with Crippen LogP contribution in [-0.2, 0) is 6.54 Å². The van der Waals surface area contributed by atoms with E-state index in [-0.39, 0.29) is 12.1 Å². The fourth-order valence-corrected chi connectivity index (χ4v) is 4.84. The van der Waals surface area contributed by atoms with Gasteiger partial charge < -0.3 is 15.1 Å².